The molecular weight excluding hydrogens is 320 g/mol. The number of hydrogen-bond acceptors (Lipinski definition) is 6. The van der Waals surface area contributed by atoms with Crippen LogP contribution in [-0.2, 0) is 11.2 Å². The van der Waals surface area contributed by atoms with Crippen molar-refractivity contribution in [3.05, 3.63) is 30.2 Å². The molecule has 1 aromatic carbocycles. The van der Waals surface area contributed by atoms with E-state index in [1.54, 1.807) is 7.11 Å². The van der Waals surface area contributed by atoms with Crippen LogP contribution in [0, 0.1) is 0 Å². The van der Waals surface area contributed by atoms with Gasteiger partial charge >= 0.3 is 0 Å². The second kappa shape index (κ2) is 8.11. The summed E-state index contributed by atoms with van der Waals surface area (Å²) in [7, 11) is 1.62. The predicted molar refractivity (Wildman–Crippen MR) is 93.0 cm³/mol. The number of carbonyl (C=O) groups is 1. The second-order valence-corrected chi connectivity index (χ2v) is 6.21. The normalized spacial score (nSPS) is 17.5. The van der Waals surface area contributed by atoms with E-state index in [4.69, 9.17) is 15.0 Å². The molecule has 1 amide bonds. The van der Waals surface area contributed by atoms with Crippen LogP contribution in [0.5, 0.6) is 5.75 Å². The number of aromatic nitrogens is 2. The van der Waals surface area contributed by atoms with Crippen molar-refractivity contribution >= 4 is 5.91 Å². The predicted octanol–water partition coefficient (Wildman–Crippen LogP) is 2.02. The summed E-state index contributed by atoms with van der Waals surface area (Å²) in [6.45, 7) is 1.32. The minimum absolute atomic E-state index is 0.111. The summed E-state index contributed by atoms with van der Waals surface area (Å²) in [5, 5.41) is 3.99. The van der Waals surface area contributed by atoms with Gasteiger partial charge in [-0.15, -0.1) is 0 Å². The lowest BCUT2D eigenvalue weighted by atomic mass is 10.0. The van der Waals surface area contributed by atoms with Crippen molar-refractivity contribution in [3.63, 3.8) is 0 Å². The summed E-state index contributed by atoms with van der Waals surface area (Å²) in [4.78, 5) is 18.7. The van der Waals surface area contributed by atoms with E-state index in [-0.39, 0.29) is 11.9 Å². The van der Waals surface area contributed by atoms with Crippen LogP contribution in [-0.4, -0.2) is 47.2 Å². The maximum Gasteiger partial charge on any atom is 0.227 e. The van der Waals surface area contributed by atoms with Crippen molar-refractivity contribution in [1.29, 1.82) is 0 Å². The molecule has 7 heteroatoms. The van der Waals surface area contributed by atoms with Crippen LogP contribution in [0.1, 0.15) is 31.6 Å². The van der Waals surface area contributed by atoms with Crippen molar-refractivity contribution in [2.45, 2.75) is 38.1 Å². The Labute approximate surface area is 147 Å². The number of likely N-dealkylation sites (tertiary alicyclic amines) is 1. The van der Waals surface area contributed by atoms with Crippen LogP contribution in [0.4, 0.5) is 0 Å². The van der Waals surface area contributed by atoms with Crippen LogP contribution < -0.4 is 10.5 Å². The van der Waals surface area contributed by atoms with Gasteiger partial charge in [-0.2, -0.15) is 4.98 Å². The van der Waals surface area contributed by atoms with Crippen molar-refractivity contribution in [1.82, 2.24) is 15.0 Å². The number of hydrogen-bond donors (Lipinski definition) is 1. The first-order valence-electron chi connectivity index (χ1n) is 8.68. The fraction of sp³-hybridized carbons (Fsp3) is 0.500. The molecule has 1 saturated heterocycles. The van der Waals surface area contributed by atoms with Gasteiger partial charge in [0.05, 0.1) is 7.11 Å². The molecule has 2 aromatic rings. The molecule has 7 nitrogen and oxygen atoms in total. The Kier molecular flexibility index (Phi) is 5.65. The number of amides is 1. The molecule has 25 heavy (non-hydrogen) atoms. The van der Waals surface area contributed by atoms with E-state index in [1.807, 2.05) is 29.2 Å². The molecule has 1 atom stereocenters. The summed E-state index contributed by atoms with van der Waals surface area (Å²) in [5.41, 5.74) is 6.63. The average molecular weight is 344 g/mol. The van der Waals surface area contributed by atoms with Crippen molar-refractivity contribution in [2.75, 3.05) is 20.2 Å². The highest BCUT2D eigenvalue weighted by atomic mass is 16.5. The van der Waals surface area contributed by atoms with Crippen LogP contribution in [0.2, 0.25) is 0 Å². The van der Waals surface area contributed by atoms with Gasteiger partial charge in [-0.25, -0.2) is 0 Å². The van der Waals surface area contributed by atoms with Crippen LogP contribution in [0.15, 0.2) is 28.8 Å². The largest absolute Gasteiger partial charge is 0.497 e. The minimum Gasteiger partial charge on any atom is -0.497 e. The fourth-order valence-electron chi connectivity index (χ4n) is 3.15. The molecule has 0 spiro atoms. The summed E-state index contributed by atoms with van der Waals surface area (Å²) < 4.78 is 10.4. The van der Waals surface area contributed by atoms with Crippen molar-refractivity contribution in [2.24, 2.45) is 5.73 Å². The lowest BCUT2D eigenvalue weighted by Crippen LogP contribution is -2.47. The van der Waals surface area contributed by atoms with Gasteiger partial charge in [-0.3, -0.25) is 4.79 Å². The summed E-state index contributed by atoms with van der Waals surface area (Å²) >= 11 is 0. The number of rotatable bonds is 6. The van der Waals surface area contributed by atoms with E-state index in [2.05, 4.69) is 10.1 Å². The van der Waals surface area contributed by atoms with E-state index in [0.717, 1.165) is 37.1 Å². The van der Waals surface area contributed by atoms with Crippen LogP contribution in [0.3, 0.4) is 0 Å². The fourth-order valence-corrected chi connectivity index (χ4v) is 3.15. The third-order valence-corrected chi connectivity index (χ3v) is 4.59. The number of methoxy groups -OCH3 is 1. The van der Waals surface area contributed by atoms with E-state index < -0.39 is 0 Å². The van der Waals surface area contributed by atoms with E-state index in [0.29, 0.717) is 31.1 Å². The zero-order valence-electron chi connectivity index (χ0n) is 14.5. The first-order chi connectivity index (χ1) is 12.2. The summed E-state index contributed by atoms with van der Waals surface area (Å²) in [6, 6.07) is 7.60. The second-order valence-electron chi connectivity index (χ2n) is 6.21. The molecule has 0 aliphatic carbocycles. The Hall–Kier alpha value is -2.41. The molecule has 2 heterocycles. The average Bonchev–Trinajstić information content (AvgIpc) is 3.15. The number of benzene rings is 1. The molecule has 0 radical (unpaired) electrons. The summed E-state index contributed by atoms with van der Waals surface area (Å²) in [5.74, 6) is 1.87. The molecule has 134 valence electrons. The molecule has 1 unspecified atom stereocenters. The molecule has 1 aliphatic rings. The highest BCUT2D eigenvalue weighted by Crippen LogP contribution is 2.21. The highest BCUT2D eigenvalue weighted by Gasteiger charge is 2.25. The number of aryl methyl sites for hydroxylation is 1. The highest BCUT2D eigenvalue weighted by molar-refractivity contribution is 5.76. The zero-order chi connectivity index (χ0) is 17.6. The maximum absolute atomic E-state index is 12.5. The third kappa shape index (κ3) is 4.17. The number of nitrogens with two attached hydrogens (primary N) is 1. The quantitative estimate of drug-likeness (QED) is 0.861. The number of ether oxygens (including phenoxy) is 1. The number of nitrogens with zero attached hydrogens (tertiary/aromatic N) is 3. The van der Waals surface area contributed by atoms with Gasteiger partial charge in [-0.05, 0) is 43.5 Å². The SMILES string of the molecule is COc1ccc(-c2noc(CCC(=O)N3CCCCC3CN)n2)cc1. The molecule has 1 aliphatic heterocycles. The molecule has 2 N–H and O–H groups in total. The smallest absolute Gasteiger partial charge is 0.227 e. The first-order valence-corrected chi connectivity index (χ1v) is 8.68. The van der Waals surface area contributed by atoms with Gasteiger partial charge in [0.1, 0.15) is 5.75 Å². The first kappa shape index (κ1) is 17.4. The maximum atomic E-state index is 12.5. The van der Waals surface area contributed by atoms with Crippen LogP contribution in [0.25, 0.3) is 11.4 Å². The molecular formula is C18H24N4O3. The molecule has 0 bridgehead atoms. The zero-order valence-corrected chi connectivity index (χ0v) is 14.5. The molecule has 1 aromatic heterocycles. The molecule has 3 rings (SSSR count). The standard InChI is InChI=1S/C18H24N4O3/c1-24-15-7-5-13(6-8-15)18-20-16(25-21-18)9-10-17(23)22-11-3-2-4-14(22)12-19/h5-8,14H,2-4,9-12,19H2,1H3. The van der Waals surface area contributed by atoms with Gasteiger partial charge < -0.3 is 19.9 Å². The van der Waals surface area contributed by atoms with E-state index >= 15 is 0 Å². The van der Waals surface area contributed by atoms with Gasteiger partial charge in [0.25, 0.3) is 0 Å². The van der Waals surface area contributed by atoms with E-state index in [1.165, 1.54) is 0 Å². The monoisotopic (exact) mass is 344 g/mol. The Morgan fingerprint density at radius 3 is 2.88 bits per heavy atom. The summed E-state index contributed by atoms with van der Waals surface area (Å²) in [6.07, 6.45) is 3.98. The third-order valence-electron chi connectivity index (χ3n) is 4.59. The molecule has 0 saturated carbocycles. The topological polar surface area (TPSA) is 94.5 Å². The van der Waals surface area contributed by atoms with Gasteiger partial charge in [0.15, 0.2) is 0 Å². The Morgan fingerprint density at radius 1 is 1.36 bits per heavy atom. The lowest BCUT2D eigenvalue weighted by Gasteiger charge is -2.35. The number of carbonyl (C=O) groups excluding carboxylic acids is 1. The van der Waals surface area contributed by atoms with Gasteiger partial charge in [-0.1, -0.05) is 5.16 Å². The Morgan fingerprint density at radius 2 is 2.16 bits per heavy atom. The number of piperidine rings is 1. The van der Waals surface area contributed by atoms with Crippen molar-refractivity contribution < 1.29 is 14.1 Å². The minimum atomic E-state index is 0.111. The Balaban J connectivity index is 1.58. The van der Waals surface area contributed by atoms with E-state index in [9.17, 15) is 4.79 Å². The van der Waals surface area contributed by atoms with Gasteiger partial charge in [0.2, 0.25) is 17.6 Å². The lowest BCUT2D eigenvalue weighted by molar-refractivity contribution is -0.134. The van der Waals surface area contributed by atoms with Crippen molar-refractivity contribution in [3.8, 4) is 17.1 Å². The van der Waals surface area contributed by atoms with Crippen LogP contribution >= 0.6 is 0 Å². The molecule has 1 fully saturated rings. The van der Waals surface area contributed by atoms with Gasteiger partial charge in [0, 0.05) is 37.5 Å². The Bertz CT molecular complexity index is 699.